The zero-order valence-corrected chi connectivity index (χ0v) is 12.2. The molecule has 1 aromatic heterocycles. The highest BCUT2D eigenvalue weighted by Crippen LogP contribution is 2.24. The highest BCUT2D eigenvalue weighted by atomic mass is 79.9. The molecule has 0 saturated heterocycles. The van der Waals surface area contributed by atoms with Crippen LogP contribution in [0.5, 0.6) is 5.75 Å². The van der Waals surface area contributed by atoms with Gasteiger partial charge >= 0.3 is 0 Å². The standard InChI is InChI=1S/C14H14BrNO3/c1-9(12-4-3-7-19-12)16-14(17)11-6-5-10(15)8-13(11)18-2/h3-9H,1-2H3,(H,16,17). The number of hydrogen-bond acceptors (Lipinski definition) is 3. The van der Waals surface area contributed by atoms with E-state index in [2.05, 4.69) is 21.2 Å². The molecule has 1 amide bonds. The molecule has 4 nitrogen and oxygen atoms in total. The van der Waals surface area contributed by atoms with Gasteiger partial charge < -0.3 is 14.5 Å². The van der Waals surface area contributed by atoms with Crippen LogP contribution in [0.3, 0.4) is 0 Å². The first kappa shape index (κ1) is 13.7. The third kappa shape index (κ3) is 3.17. The van der Waals surface area contributed by atoms with E-state index in [1.807, 2.05) is 13.0 Å². The minimum atomic E-state index is -0.201. The number of halogens is 1. The Morgan fingerprint density at radius 2 is 2.21 bits per heavy atom. The number of methoxy groups -OCH3 is 1. The van der Waals surface area contributed by atoms with Gasteiger partial charge in [0.05, 0.1) is 25.0 Å². The van der Waals surface area contributed by atoms with Crippen molar-refractivity contribution in [3.63, 3.8) is 0 Å². The predicted octanol–water partition coefficient (Wildman–Crippen LogP) is 3.54. The van der Waals surface area contributed by atoms with Gasteiger partial charge in [-0.25, -0.2) is 0 Å². The fourth-order valence-corrected chi connectivity index (χ4v) is 2.08. The van der Waals surface area contributed by atoms with Crippen LogP contribution in [-0.4, -0.2) is 13.0 Å². The maximum absolute atomic E-state index is 12.2. The highest BCUT2D eigenvalue weighted by molar-refractivity contribution is 9.10. The first-order valence-corrected chi connectivity index (χ1v) is 6.59. The van der Waals surface area contributed by atoms with Gasteiger partial charge in [0.15, 0.2) is 0 Å². The molecule has 2 rings (SSSR count). The van der Waals surface area contributed by atoms with Crippen molar-refractivity contribution >= 4 is 21.8 Å². The maximum Gasteiger partial charge on any atom is 0.255 e. The summed E-state index contributed by atoms with van der Waals surface area (Å²) in [5.41, 5.74) is 0.490. The first-order valence-electron chi connectivity index (χ1n) is 5.79. The van der Waals surface area contributed by atoms with Crippen LogP contribution >= 0.6 is 15.9 Å². The molecule has 0 saturated carbocycles. The fraction of sp³-hybridized carbons (Fsp3) is 0.214. The zero-order valence-electron chi connectivity index (χ0n) is 10.6. The average Bonchev–Trinajstić information content (AvgIpc) is 2.92. The van der Waals surface area contributed by atoms with Gasteiger partial charge in [-0.1, -0.05) is 15.9 Å². The smallest absolute Gasteiger partial charge is 0.255 e. The molecule has 100 valence electrons. The van der Waals surface area contributed by atoms with Crippen LogP contribution in [0.2, 0.25) is 0 Å². The van der Waals surface area contributed by atoms with Crippen LogP contribution in [0.1, 0.15) is 29.1 Å². The van der Waals surface area contributed by atoms with E-state index in [9.17, 15) is 4.79 Å². The van der Waals surface area contributed by atoms with Gasteiger partial charge in [-0.3, -0.25) is 4.79 Å². The Balaban J connectivity index is 2.16. The second-order valence-corrected chi connectivity index (χ2v) is 4.97. The van der Waals surface area contributed by atoms with Gasteiger partial charge in [-0.2, -0.15) is 0 Å². The minimum Gasteiger partial charge on any atom is -0.496 e. The van der Waals surface area contributed by atoms with Crippen molar-refractivity contribution in [1.82, 2.24) is 5.32 Å². The Kier molecular flexibility index (Phi) is 4.27. The molecule has 5 heteroatoms. The molecule has 1 heterocycles. The van der Waals surface area contributed by atoms with Gasteiger partial charge in [0.1, 0.15) is 11.5 Å². The summed E-state index contributed by atoms with van der Waals surface area (Å²) in [7, 11) is 1.54. The van der Waals surface area contributed by atoms with E-state index in [0.29, 0.717) is 17.1 Å². The van der Waals surface area contributed by atoms with Crippen molar-refractivity contribution < 1.29 is 13.9 Å². The second-order valence-electron chi connectivity index (χ2n) is 4.06. The fourth-order valence-electron chi connectivity index (χ4n) is 1.74. The molecule has 1 unspecified atom stereocenters. The SMILES string of the molecule is COc1cc(Br)ccc1C(=O)NC(C)c1ccco1. The molecule has 0 spiro atoms. The summed E-state index contributed by atoms with van der Waals surface area (Å²) in [5.74, 6) is 1.04. The monoisotopic (exact) mass is 323 g/mol. The number of benzene rings is 1. The topological polar surface area (TPSA) is 51.5 Å². The molecule has 0 aliphatic carbocycles. The van der Waals surface area contributed by atoms with E-state index in [0.717, 1.165) is 4.47 Å². The van der Waals surface area contributed by atoms with Crippen molar-refractivity contribution in [2.45, 2.75) is 13.0 Å². The van der Waals surface area contributed by atoms with E-state index >= 15 is 0 Å². The number of rotatable bonds is 4. The number of hydrogen-bond donors (Lipinski definition) is 1. The Labute approximate surface area is 119 Å². The summed E-state index contributed by atoms with van der Waals surface area (Å²) >= 11 is 3.34. The zero-order chi connectivity index (χ0) is 13.8. The van der Waals surface area contributed by atoms with Crippen molar-refractivity contribution in [2.24, 2.45) is 0 Å². The van der Waals surface area contributed by atoms with Crippen LogP contribution < -0.4 is 10.1 Å². The van der Waals surface area contributed by atoms with Gasteiger partial charge in [0.25, 0.3) is 5.91 Å². The summed E-state index contributed by atoms with van der Waals surface area (Å²) in [6.45, 7) is 1.86. The van der Waals surface area contributed by atoms with Crippen LogP contribution in [0.25, 0.3) is 0 Å². The van der Waals surface area contributed by atoms with Crippen molar-refractivity contribution in [3.05, 3.63) is 52.4 Å². The van der Waals surface area contributed by atoms with Crippen LogP contribution in [0, 0.1) is 0 Å². The molecule has 0 fully saturated rings. The van der Waals surface area contributed by atoms with E-state index in [-0.39, 0.29) is 11.9 Å². The van der Waals surface area contributed by atoms with E-state index in [1.165, 1.54) is 7.11 Å². The van der Waals surface area contributed by atoms with Crippen molar-refractivity contribution in [3.8, 4) is 5.75 Å². The second kappa shape index (κ2) is 5.93. The molecular formula is C14H14BrNO3. The summed E-state index contributed by atoms with van der Waals surface area (Å²) in [6.07, 6.45) is 1.58. The third-order valence-electron chi connectivity index (χ3n) is 2.73. The minimum absolute atomic E-state index is 0.198. The lowest BCUT2D eigenvalue weighted by Crippen LogP contribution is -2.26. The van der Waals surface area contributed by atoms with Crippen LogP contribution in [0.15, 0.2) is 45.5 Å². The summed E-state index contributed by atoms with van der Waals surface area (Å²) in [4.78, 5) is 12.2. The van der Waals surface area contributed by atoms with E-state index in [4.69, 9.17) is 9.15 Å². The van der Waals surface area contributed by atoms with Crippen LogP contribution in [-0.2, 0) is 0 Å². The van der Waals surface area contributed by atoms with E-state index in [1.54, 1.807) is 30.5 Å². The van der Waals surface area contributed by atoms with Crippen LogP contribution in [0.4, 0.5) is 0 Å². The number of amides is 1. The van der Waals surface area contributed by atoms with Gasteiger partial charge in [-0.15, -0.1) is 0 Å². The summed E-state index contributed by atoms with van der Waals surface area (Å²) in [5, 5.41) is 2.86. The Hall–Kier alpha value is -1.75. The first-order chi connectivity index (χ1) is 9.11. The lowest BCUT2D eigenvalue weighted by Gasteiger charge is -2.13. The summed E-state index contributed by atoms with van der Waals surface area (Å²) < 4.78 is 11.3. The lowest BCUT2D eigenvalue weighted by atomic mass is 10.1. The molecule has 0 aliphatic heterocycles. The van der Waals surface area contributed by atoms with Crippen molar-refractivity contribution in [1.29, 1.82) is 0 Å². The van der Waals surface area contributed by atoms with E-state index < -0.39 is 0 Å². The Bertz CT molecular complexity index is 566. The molecule has 19 heavy (non-hydrogen) atoms. The quantitative estimate of drug-likeness (QED) is 0.936. The molecule has 0 aliphatic rings. The summed E-state index contributed by atoms with van der Waals surface area (Å²) in [6, 6.07) is 8.69. The molecule has 2 aromatic rings. The predicted molar refractivity (Wildman–Crippen MR) is 75.3 cm³/mol. The number of carbonyl (C=O) groups is 1. The molecular weight excluding hydrogens is 310 g/mol. The normalized spacial score (nSPS) is 11.9. The number of nitrogens with one attached hydrogen (secondary N) is 1. The molecule has 1 aromatic carbocycles. The molecule has 1 atom stereocenters. The van der Waals surface area contributed by atoms with Gasteiger partial charge in [-0.05, 0) is 37.3 Å². The Morgan fingerprint density at radius 3 is 2.84 bits per heavy atom. The highest BCUT2D eigenvalue weighted by Gasteiger charge is 2.16. The number of furan rings is 1. The number of carbonyl (C=O) groups excluding carboxylic acids is 1. The van der Waals surface area contributed by atoms with Crippen molar-refractivity contribution in [2.75, 3.05) is 7.11 Å². The molecule has 1 N–H and O–H groups in total. The van der Waals surface area contributed by atoms with Gasteiger partial charge in [0.2, 0.25) is 0 Å². The maximum atomic E-state index is 12.2. The van der Waals surface area contributed by atoms with Gasteiger partial charge in [0, 0.05) is 4.47 Å². The third-order valence-corrected chi connectivity index (χ3v) is 3.22. The largest absolute Gasteiger partial charge is 0.496 e. The molecule has 0 radical (unpaired) electrons. The Morgan fingerprint density at radius 1 is 1.42 bits per heavy atom. The number of ether oxygens (including phenoxy) is 1. The lowest BCUT2D eigenvalue weighted by molar-refractivity contribution is 0.0932. The molecule has 0 bridgehead atoms. The average molecular weight is 324 g/mol.